The van der Waals surface area contributed by atoms with Gasteiger partial charge in [-0.15, -0.1) is 0 Å². The Balaban J connectivity index is 1.47. The van der Waals surface area contributed by atoms with Crippen LogP contribution in [0.4, 0.5) is 0 Å². The number of nitrogens with zero attached hydrogens (tertiary/aromatic N) is 2. The number of sulfonamides is 1. The normalized spacial score (nSPS) is 17.9. The standard InChI is InChI=1S/C18H22N4O3S/c23-18-17-11-16(6-5-13(17)7-9-19-18)26(24,25)20-12-14-8-10-22(21-14)15-3-1-2-4-15/h5-6,8,10-11,15,20H,1-4,7,9,12H2,(H,19,23). The van der Waals surface area contributed by atoms with Crippen LogP contribution in [0.2, 0.25) is 0 Å². The molecule has 0 spiro atoms. The van der Waals surface area contributed by atoms with Crippen molar-refractivity contribution >= 4 is 15.9 Å². The number of hydrogen-bond acceptors (Lipinski definition) is 4. The molecule has 0 atom stereocenters. The van der Waals surface area contributed by atoms with Gasteiger partial charge in [0.15, 0.2) is 0 Å². The first-order valence-corrected chi connectivity index (χ1v) is 10.5. The molecule has 7 nitrogen and oxygen atoms in total. The van der Waals surface area contributed by atoms with E-state index in [1.165, 1.54) is 18.9 Å². The lowest BCUT2D eigenvalue weighted by molar-refractivity contribution is 0.0945. The number of benzene rings is 1. The summed E-state index contributed by atoms with van der Waals surface area (Å²) < 4.78 is 29.7. The van der Waals surface area contributed by atoms with Crippen molar-refractivity contribution in [2.75, 3.05) is 6.54 Å². The smallest absolute Gasteiger partial charge is 0.251 e. The molecule has 138 valence electrons. The zero-order valence-electron chi connectivity index (χ0n) is 14.4. The number of nitrogens with one attached hydrogen (secondary N) is 2. The summed E-state index contributed by atoms with van der Waals surface area (Å²) in [6, 6.07) is 7.00. The lowest BCUT2D eigenvalue weighted by atomic mass is 10.0. The number of amides is 1. The molecule has 0 unspecified atom stereocenters. The number of fused-ring (bicyclic) bond motifs is 1. The highest BCUT2D eigenvalue weighted by Gasteiger charge is 2.22. The van der Waals surface area contributed by atoms with Crippen molar-refractivity contribution in [1.29, 1.82) is 0 Å². The van der Waals surface area contributed by atoms with E-state index in [2.05, 4.69) is 15.1 Å². The molecule has 1 fully saturated rings. The summed E-state index contributed by atoms with van der Waals surface area (Å²) >= 11 is 0. The third-order valence-corrected chi connectivity index (χ3v) is 6.52. The van der Waals surface area contributed by atoms with Crippen LogP contribution in [0.5, 0.6) is 0 Å². The van der Waals surface area contributed by atoms with Crippen LogP contribution >= 0.6 is 0 Å². The first kappa shape index (κ1) is 17.2. The van der Waals surface area contributed by atoms with Crippen LogP contribution in [0, 0.1) is 0 Å². The highest BCUT2D eigenvalue weighted by molar-refractivity contribution is 7.89. The Morgan fingerprint density at radius 1 is 1.23 bits per heavy atom. The first-order valence-electron chi connectivity index (χ1n) is 8.98. The van der Waals surface area contributed by atoms with Crippen molar-refractivity contribution in [2.45, 2.75) is 49.6 Å². The Morgan fingerprint density at radius 3 is 2.85 bits per heavy atom. The molecule has 2 aromatic rings. The van der Waals surface area contributed by atoms with E-state index in [1.807, 2.05) is 16.9 Å². The molecular formula is C18H22N4O3S. The zero-order valence-corrected chi connectivity index (χ0v) is 15.3. The van der Waals surface area contributed by atoms with Crippen LogP contribution in [-0.4, -0.2) is 30.7 Å². The van der Waals surface area contributed by atoms with Crippen LogP contribution in [0.1, 0.15) is 53.3 Å². The lowest BCUT2D eigenvalue weighted by Gasteiger charge is -2.17. The van der Waals surface area contributed by atoms with E-state index in [4.69, 9.17) is 0 Å². The molecule has 4 rings (SSSR count). The number of carbonyl (C=O) groups is 1. The molecule has 2 heterocycles. The van der Waals surface area contributed by atoms with Crippen LogP contribution in [-0.2, 0) is 23.0 Å². The Labute approximate surface area is 152 Å². The van der Waals surface area contributed by atoms with E-state index in [9.17, 15) is 13.2 Å². The van der Waals surface area contributed by atoms with E-state index in [-0.39, 0.29) is 17.3 Å². The second kappa shape index (κ2) is 6.85. The fraction of sp³-hybridized carbons (Fsp3) is 0.444. The first-order chi connectivity index (χ1) is 12.5. The number of carbonyl (C=O) groups excluding carboxylic acids is 1. The maximum Gasteiger partial charge on any atom is 0.251 e. The van der Waals surface area contributed by atoms with Crippen LogP contribution in [0.3, 0.4) is 0 Å². The molecule has 0 bridgehead atoms. The average Bonchev–Trinajstić information content (AvgIpc) is 3.31. The highest BCUT2D eigenvalue weighted by Crippen LogP contribution is 2.28. The van der Waals surface area contributed by atoms with Gasteiger partial charge in [-0.3, -0.25) is 9.48 Å². The molecule has 1 aliphatic heterocycles. The molecule has 1 aromatic carbocycles. The Morgan fingerprint density at radius 2 is 2.04 bits per heavy atom. The van der Waals surface area contributed by atoms with Gasteiger partial charge in [0.1, 0.15) is 0 Å². The fourth-order valence-electron chi connectivity index (χ4n) is 3.65. The van der Waals surface area contributed by atoms with Gasteiger partial charge in [-0.2, -0.15) is 5.10 Å². The quantitative estimate of drug-likeness (QED) is 0.834. The van der Waals surface area contributed by atoms with E-state index >= 15 is 0 Å². The molecule has 1 amide bonds. The summed E-state index contributed by atoms with van der Waals surface area (Å²) in [5.41, 5.74) is 2.00. The summed E-state index contributed by atoms with van der Waals surface area (Å²) in [5.74, 6) is -0.224. The van der Waals surface area contributed by atoms with Gasteiger partial charge in [-0.25, -0.2) is 13.1 Å². The molecular weight excluding hydrogens is 352 g/mol. The molecule has 8 heteroatoms. The molecule has 2 N–H and O–H groups in total. The zero-order chi connectivity index (χ0) is 18.1. The van der Waals surface area contributed by atoms with E-state index in [1.54, 1.807) is 12.1 Å². The van der Waals surface area contributed by atoms with Crippen LogP contribution in [0.15, 0.2) is 35.4 Å². The van der Waals surface area contributed by atoms with E-state index < -0.39 is 10.0 Å². The second-order valence-electron chi connectivity index (χ2n) is 6.87. The summed E-state index contributed by atoms with van der Waals surface area (Å²) in [5, 5.41) is 7.23. The number of hydrogen-bond donors (Lipinski definition) is 2. The number of aromatic nitrogens is 2. The largest absolute Gasteiger partial charge is 0.352 e. The predicted molar refractivity (Wildman–Crippen MR) is 96.2 cm³/mol. The summed E-state index contributed by atoms with van der Waals surface area (Å²) in [6.07, 6.45) is 7.33. The molecule has 2 aliphatic rings. The minimum absolute atomic E-state index is 0.100. The van der Waals surface area contributed by atoms with E-state index in [0.29, 0.717) is 30.3 Å². The van der Waals surface area contributed by atoms with Crippen molar-refractivity contribution in [3.05, 3.63) is 47.3 Å². The van der Waals surface area contributed by atoms with Gasteiger partial charge in [0, 0.05) is 18.3 Å². The molecule has 1 aromatic heterocycles. The maximum atomic E-state index is 12.6. The molecule has 1 saturated carbocycles. The monoisotopic (exact) mass is 374 g/mol. The van der Waals surface area contributed by atoms with Crippen molar-refractivity contribution in [3.8, 4) is 0 Å². The SMILES string of the molecule is O=C1NCCc2ccc(S(=O)(=O)NCc3ccn(C4CCCC4)n3)cc21. The van der Waals surface area contributed by atoms with Gasteiger partial charge >= 0.3 is 0 Å². The van der Waals surface area contributed by atoms with Gasteiger partial charge < -0.3 is 5.32 Å². The summed E-state index contributed by atoms with van der Waals surface area (Å²) in [6.45, 7) is 0.713. The van der Waals surface area contributed by atoms with Gasteiger partial charge in [0.2, 0.25) is 10.0 Å². The van der Waals surface area contributed by atoms with Crippen LogP contribution in [0.25, 0.3) is 0 Å². The highest BCUT2D eigenvalue weighted by atomic mass is 32.2. The maximum absolute atomic E-state index is 12.6. The van der Waals surface area contributed by atoms with Gasteiger partial charge in [-0.1, -0.05) is 18.9 Å². The van der Waals surface area contributed by atoms with Gasteiger partial charge in [0.05, 0.1) is 23.2 Å². The minimum atomic E-state index is -3.70. The van der Waals surface area contributed by atoms with Crippen LogP contribution < -0.4 is 10.0 Å². The predicted octanol–water partition coefficient (Wildman–Crippen LogP) is 1.76. The average molecular weight is 374 g/mol. The molecule has 1 aliphatic carbocycles. The Kier molecular flexibility index (Phi) is 4.54. The Bertz CT molecular complexity index is 930. The van der Waals surface area contributed by atoms with Crippen molar-refractivity contribution in [2.24, 2.45) is 0 Å². The topological polar surface area (TPSA) is 93.1 Å². The summed E-state index contributed by atoms with van der Waals surface area (Å²) in [4.78, 5) is 12.0. The van der Waals surface area contributed by atoms with Crippen molar-refractivity contribution < 1.29 is 13.2 Å². The number of rotatable bonds is 5. The lowest BCUT2D eigenvalue weighted by Crippen LogP contribution is -2.32. The van der Waals surface area contributed by atoms with E-state index in [0.717, 1.165) is 18.4 Å². The molecule has 26 heavy (non-hydrogen) atoms. The molecule has 0 radical (unpaired) electrons. The summed E-state index contributed by atoms with van der Waals surface area (Å²) in [7, 11) is -3.70. The molecule has 0 saturated heterocycles. The second-order valence-corrected chi connectivity index (χ2v) is 8.64. The Hall–Kier alpha value is -2.19. The van der Waals surface area contributed by atoms with Gasteiger partial charge in [-0.05, 0) is 43.0 Å². The fourth-order valence-corrected chi connectivity index (χ4v) is 4.68. The van der Waals surface area contributed by atoms with Crippen molar-refractivity contribution in [1.82, 2.24) is 19.8 Å². The van der Waals surface area contributed by atoms with Crippen molar-refractivity contribution in [3.63, 3.8) is 0 Å². The van der Waals surface area contributed by atoms with Gasteiger partial charge in [0.25, 0.3) is 5.91 Å². The minimum Gasteiger partial charge on any atom is -0.352 e. The third-order valence-electron chi connectivity index (χ3n) is 5.12. The third kappa shape index (κ3) is 3.39.